The van der Waals surface area contributed by atoms with Crippen molar-refractivity contribution in [2.75, 3.05) is 0 Å². The van der Waals surface area contributed by atoms with Crippen molar-refractivity contribution in [1.29, 1.82) is 0 Å². The molecule has 2 heterocycles. The van der Waals surface area contributed by atoms with Gasteiger partial charge in [-0.1, -0.05) is 20.8 Å². The third-order valence-electron chi connectivity index (χ3n) is 3.48. The van der Waals surface area contributed by atoms with Gasteiger partial charge in [-0.15, -0.1) is 5.10 Å². The van der Waals surface area contributed by atoms with Gasteiger partial charge in [-0.3, -0.25) is 0 Å². The van der Waals surface area contributed by atoms with Crippen molar-refractivity contribution in [2.45, 2.75) is 45.6 Å². The normalized spacial score (nSPS) is 16.3. The molecular weight excluding hydrogens is 259 g/mol. The van der Waals surface area contributed by atoms with Crippen LogP contribution in [-0.4, -0.2) is 20.2 Å². The number of nitrogens with zero attached hydrogens (tertiary/aromatic N) is 4. The molecule has 0 bridgehead atoms. The summed E-state index contributed by atoms with van der Waals surface area (Å²) in [5.74, 6) is 0.375. The van der Waals surface area contributed by atoms with E-state index < -0.39 is 5.60 Å². The Kier molecular flexibility index (Phi) is 2.46. The summed E-state index contributed by atoms with van der Waals surface area (Å²) in [6.07, 6.45) is 0. The van der Waals surface area contributed by atoms with E-state index in [0.717, 1.165) is 5.56 Å². The van der Waals surface area contributed by atoms with Gasteiger partial charge < -0.3 is 4.74 Å². The van der Waals surface area contributed by atoms with Crippen LogP contribution in [0.3, 0.4) is 0 Å². The van der Waals surface area contributed by atoms with Gasteiger partial charge in [0, 0.05) is 0 Å². The van der Waals surface area contributed by atoms with Crippen molar-refractivity contribution in [3.63, 3.8) is 0 Å². The summed E-state index contributed by atoms with van der Waals surface area (Å²) >= 11 is 0. The minimum Gasteiger partial charge on any atom is -0.474 e. The minimum absolute atomic E-state index is 0.170. The van der Waals surface area contributed by atoms with Gasteiger partial charge in [-0.2, -0.15) is 4.68 Å². The van der Waals surface area contributed by atoms with E-state index in [9.17, 15) is 4.39 Å². The Bertz CT molecular complexity index is 685. The first-order valence-electron chi connectivity index (χ1n) is 6.52. The Balaban J connectivity index is 2.29. The van der Waals surface area contributed by atoms with Crippen LogP contribution in [0, 0.1) is 5.82 Å². The Hall–Kier alpha value is -1.98. The van der Waals surface area contributed by atoms with E-state index in [4.69, 9.17) is 4.74 Å². The van der Waals surface area contributed by atoms with Gasteiger partial charge in [-0.05, 0) is 47.4 Å². The third kappa shape index (κ3) is 1.78. The minimum atomic E-state index is -0.763. The van der Waals surface area contributed by atoms with Crippen LogP contribution in [0.1, 0.15) is 46.0 Å². The number of tetrazole rings is 1. The van der Waals surface area contributed by atoms with Crippen molar-refractivity contribution >= 4 is 0 Å². The van der Waals surface area contributed by atoms with Gasteiger partial charge in [0.05, 0.1) is 0 Å². The quantitative estimate of drug-likeness (QED) is 0.742. The van der Waals surface area contributed by atoms with Crippen LogP contribution in [0.25, 0.3) is 5.69 Å². The molecule has 6 heteroatoms. The molecule has 0 aliphatic carbocycles. The number of hydrogen-bond donors (Lipinski definition) is 0. The maximum absolute atomic E-state index is 14.4. The zero-order valence-corrected chi connectivity index (χ0v) is 12.2. The van der Waals surface area contributed by atoms with Gasteiger partial charge in [0.2, 0.25) is 0 Å². The molecule has 1 aliphatic heterocycles. The van der Waals surface area contributed by atoms with Gasteiger partial charge in [0.25, 0.3) is 0 Å². The van der Waals surface area contributed by atoms with E-state index in [1.54, 1.807) is 4.68 Å². The second-order valence-corrected chi connectivity index (χ2v) is 6.58. The smallest absolute Gasteiger partial charge is 0.199 e. The summed E-state index contributed by atoms with van der Waals surface area (Å²) in [5, 5.41) is 11.6. The van der Waals surface area contributed by atoms with Crippen molar-refractivity contribution in [2.24, 2.45) is 0 Å². The molecule has 0 fully saturated rings. The fourth-order valence-electron chi connectivity index (χ4n) is 2.30. The molecule has 0 amide bonds. The standard InChI is InChI=1S/C14H17FN4O/c1-13(2,3)8-6-9(15)11-10(7-8)19-12(16-17-18-19)14(4,5)20-11/h6-7H,1-5H3. The zero-order valence-electron chi connectivity index (χ0n) is 12.2. The first kappa shape index (κ1) is 13.0. The molecule has 0 saturated heterocycles. The second-order valence-electron chi connectivity index (χ2n) is 6.58. The van der Waals surface area contributed by atoms with Gasteiger partial charge in [0.15, 0.2) is 23.0 Å². The molecule has 0 radical (unpaired) electrons. The lowest BCUT2D eigenvalue weighted by atomic mass is 9.86. The highest BCUT2D eigenvalue weighted by atomic mass is 19.1. The highest BCUT2D eigenvalue weighted by Crippen LogP contribution is 2.40. The average Bonchev–Trinajstić information content (AvgIpc) is 2.79. The lowest BCUT2D eigenvalue weighted by Crippen LogP contribution is -2.34. The van der Waals surface area contributed by atoms with Gasteiger partial charge >= 0.3 is 0 Å². The molecule has 5 nitrogen and oxygen atoms in total. The molecule has 0 spiro atoms. The Labute approximate surface area is 116 Å². The van der Waals surface area contributed by atoms with Crippen LogP contribution in [-0.2, 0) is 11.0 Å². The van der Waals surface area contributed by atoms with E-state index in [0.29, 0.717) is 11.5 Å². The summed E-state index contributed by atoms with van der Waals surface area (Å²) in [7, 11) is 0. The third-order valence-corrected chi connectivity index (χ3v) is 3.48. The van der Waals surface area contributed by atoms with Gasteiger partial charge in [0.1, 0.15) is 5.69 Å². The molecule has 0 N–H and O–H groups in total. The van der Waals surface area contributed by atoms with Crippen LogP contribution < -0.4 is 4.74 Å². The lowest BCUT2D eigenvalue weighted by Gasteiger charge is -2.32. The van der Waals surface area contributed by atoms with E-state index >= 15 is 0 Å². The molecule has 2 aromatic rings. The summed E-state index contributed by atoms with van der Waals surface area (Å²) in [6.45, 7) is 9.72. The molecule has 20 heavy (non-hydrogen) atoms. The summed E-state index contributed by atoms with van der Waals surface area (Å²) in [5.41, 5.74) is 0.491. The van der Waals surface area contributed by atoms with Crippen LogP contribution in [0.15, 0.2) is 12.1 Å². The number of hydrogen-bond acceptors (Lipinski definition) is 4. The predicted molar refractivity (Wildman–Crippen MR) is 71.5 cm³/mol. The molecule has 0 unspecified atom stereocenters. The fraction of sp³-hybridized carbons (Fsp3) is 0.500. The summed E-state index contributed by atoms with van der Waals surface area (Å²) < 4.78 is 21.7. The molecule has 1 aliphatic rings. The molecule has 0 atom stereocenters. The zero-order chi connectivity index (χ0) is 14.7. The van der Waals surface area contributed by atoms with Crippen LogP contribution in [0.5, 0.6) is 5.75 Å². The SMILES string of the molecule is CC(C)(C)c1cc(F)c2c(c1)-n1nnnc1C(C)(C)O2. The predicted octanol–water partition coefficient (Wildman–Crippen LogP) is 2.73. The highest BCUT2D eigenvalue weighted by molar-refractivity contribution is 5.53. The molecule has 106 valence electrons. The molecule has 0 saturated carbocycles. The fourth-order valence-corrected chi connectivity index (χ4v) is 2.30. The first-order chi connectivity index (χ1) is 9.20. The van der Waals surface area contributed by atoms with Crippen molar-refractivity contribution in [3.05, 3.63) is 29.3 Å². The Morgan fingerprint density at radius 2 is 1.95 bits per heavy atom. The van der Waals surface area contributed by atoms with E-state index in [2.05, 4.69) is 15.5 Å². The van der Waals surface area contributed by atoms with Crippen LogP contribution in [0.2, 0.25) is 0 Å². The Morgan fingerprint density at radius 3 is 2.60 bits per heavy atom. The maximum atomic E-state index is 14.4. The number of ether oxygens (including phenoxy) is 1. The first-order valence-corrected chi connectivity index (χ1v) is 6.52. The number of halogens is 1. The summed E-state index contributed by atoms with van der Waals surface area (Å²) in [6, 6.07) is 3.40. The molecule has 1 aromatic carbocycles. The highest BCUT2D eigenvalue weighted by Gasteiger charge is 2.38. The topological polar surface area (TPSA) is 52.8 Å². The van der Waals surface area contributed by atoms with Crippen molar-refractivity contribution in [3.8, 4) is 11.4 Å². The number of rotatable bonds is 0. The lowest BCUT2D eigenvalue weighted by molar-refractivity contribution is 0.0795. The maximum Gasteiger partial charge on any atom is 0.199 e. The number of benzene rings is 1. The summed E-state index contributed by atoms with van der Waals surface area (Å²) in [4.78, 5) is 0. The van der Waals surface area contributed by atoms with Crippen molar-refractivity contribution < 1.29 is 9.13 Å². The largest absolute Gasteiger partial charge is 0.474 e. The molecule has 1 aromatic heterocycles. The van der Waals surface area contributed by atoms with E-state index in [1.807, 2.05) is 40.7 Å². The van der Waals surface area contributed by atoms with E-state index in [1.165, 1.54) is 6.07 Å². The molecular formula is C14H17FN4O. The number of fused-ring (bicyclic) bond motifs is 3. The Morgan fingerprint density at radius 1 is 1.25 bits per heavy atom. The van der Waals surface area contributed by atoms with Gasteiger partial charge in [-0.25, -0.2) is 4.39 Å². The molecule has 3 rings (SSSR count). The monoisotopic (exact) mass is 276 g/mol. The number of aromatic nitrogens is 4. The average molecular weight is 276 g/mol. The van der Waals surface area contributed by atoms with Crippen molar-refractivity contribution in [1.82, 2.24) is 20.2 Å². The second kappa shape index (κ2) is 3.77. The van der Waals surface area contributed by atoms with E-state index in [-0.39, 0.29) is 17.0 Å². The van der Waals surface area contributed by atoms with Crippen LogP contribution in [0.4, 0.5) is 4.39 Å². The van der Waals surface area contributed by atoms with Crippen LogP contribution >= 0.6 is 0 Å².